The van der Waals surface area contributed by atoms with E-state index in [0.717, 1.165) is 6.26 Å². The van der Waals surface area contributed by atoms with Gasteiger partial charge in [-0.25, -0.2) is 8.42 Å². The lowest BCUT2D eigenvalue weighted by Gasteiger charge is -2.01. The molecular weight excluding hydrogens is 228 g/mol. The van der Waals surface area contributed by atoms with Crippen LogP contribution in [0.3, 0.4) is 0 Å². The van der Waals surface area contributed by atoms with E-state index in [2.05, 4.69) is 10.1 Å². The van der Waals surface area contributed by atoms with Crippen LogP contribution in [-0.2, 0) is 16.3 Å². The number of rotatable bonds is 4. The van der Waals surface area contributed by atoms with Crippen molar-refractivity contribution in [1.82, 2.24) is 10.1 Å². The van der Waals surface area contributed by atoms with Crippen molar-refractivity contribution in [1.29, 1.82) is 0 Å². The molecular formula is C7H11ClN2O3S. The molecule has 0 bridgehead atoms. The lowest BCUT2D eigenvalue weighted by atomic mass is 10.4. The minimum Gasteiger partial charge on any atom is -0.339 e. The van der Waals surface area contributed by atoms with E-state index in [-0.39, 0.29) is 5.82 Å². The third-order valence-corrected chi connectivity index (χ3v) is 3.48. The standard InChI is InChI=1S/C7H11ClN2O3S/c1-5(14(2,11)12)7-9-6(3-4-8)13-10-7/h5H,3-4H2,1-2H3. The predicted octanol–water partition coefficient (Wildman–Crippen LogP) is 0.957. The monoisotopic (exact) mass is 238 g/mol. The summed E-state index contributed by atoms with van der Waals surface area (Å²) in [7, 11) is -3.18. The average Bonchev–Trinajstić information content (AvgIpc) is 2.50. The van der Waals surface area contributed by atoms with Gasteiger partial charge in [0, 0.05) is 18.6 Å². The Labute approximate surface area is 87.4 Å². The Hall–Kier alpha value is -0.620. The van der Waals surface area contributed by atoms with E-state index in [1.165, 1.54) is 6.92 Å². The summed E-state index contributed by atoms with van der Waals surface area (Å²) in [5.41, 5.74) is 0. The van der Waals surface area contributed by atoms with Crippen LogP contribution in [0.4, 0.5) is 0 Å². The zero-order valence-corrected chi connectivity index (χ0v) is 9.47. The molecule has 1 aromatic heterocycles. The van der Waals surface area contributed by atoms with E-state index >= 15 is 0 Å². The van der Waals surface area contributed by atoms with Crippen molar-refractivity contribution in [2.24, 2.45) is 0 Å². The minimum atomic E-state index is -3.18. The summed E-state index contributed by atoms with van der Waals surface area (Å²) in [6.07, 6.45) is 1.58. The van der Waals surface area contributed by atoms with Crippen LogP contribution in [0.2, 0.25) is 0 Å². The van der Waals surface area contributed by atoms with Crippen LogP contribution in [0.25, 0.3) is 0 Å². The van der Waals surface area contributed by atoms with Gasteiger partial charge in [-0.1, -0.05) is 5.16 Å². The second kappa shape index (κ2) is 4.27. The fourth-order valence-electron chi connectivity index (χ4n) is 0.807. The molecule has 1 unspecified atom stereocenters. The largest absolute Gasteiger partial charge is 0.339 e. The van der Waals surface area contributed by atoms with Gasteiger partial charge in [-0.3, -0.25) is 0 Å². The summed E-state index contributed by atoms with van der Waals surface area (Å²) >= 11 is 5.47. The Balaban J connectivity index is 2.87. The van der Waals surface area contributed by atoms with Crippen molar-refractivity contribution in [3.05, 3.63) is 11.7 Å². The molecule has 0 aliphatic carbocycles. The van der Waals surface area contributed by atoms with Crippen molar-refractivity contribution in [2.45, 2.75) is 18.6 Å². The van der Waals surface area contributed by atoms with Crippen molar-refractivity contribution in [2.75, 3.05) is 12.1 Å². The third-order valence-electron chi connectivity index (χ3n) is 1.80. The Bertz CT molecular complexity index is 401. The molecule has 1 aromatic rings. The van der Waals surface area contributed by atoms with Crippen molar-refractivity contribution in [3.63, 3.8) is 0 Å². The molecule has 0 aromatic carbocycles. The number of alkyl halides is 1. The first-order chi connectivity index (χ1) is 6.45. The number of sulfone groups is 1. The highest BCUT2D eigenvalue weighted by atomic mass is 35.5. The van der Waals surface area contributed by atoms with Gasteiger partial charge >= 0.3 is 0 Å². The van der Waals surface area contributed by atoms with Gasteiger partial charge in [0.05, 0.1) is 0 Å². The Morgan fingerprint density at radius 2 is 2.21 bits per heavy atom. The molecule has 7 heteroatoms. The number of aryl methyl sites for hydroxylation is 1. The van der Waals surface area contributed by atoms with Crippen LogP contribution >= 0.6 is 11.6 Å². The average molecular weight is 239 g/mol. The maximum Gasteiger partial charge on any atom is 0.227 e. The van der Waals surface area contributed by atoms with E-state index in [9.17, 15) is 8.42 Å². The summed E-state index contributed by atoms with van der Waals surface area (Å²) in [6.45, 7) is 1.52. The summed E-state index contributed by atoms with van der Waals surface area (Å²) < 4.78 is 27.1. The fraction of sp³-hybridized carbons (Fsp3) is 0.714. The molecule has 0 aliphatic rings. The summed E-state index contributed by atoms with van der Waals surface area (Å²) in [6, 6.07) is 0. The quantitative estimate of drug-likeness (QED) is 0.731. The first kappa shape index (κ1) is 11.5. The summed E-state index contributed by atoms with van der Waals surface area (Å²) in [5.74, 6) is 0.924. The normalized spacial score (nSPS) is 14.2. The van der Waals surface area contributed by atoms with Gasteiger partial charge in [-0.05, 0) is 6.92 Å². The molecule has 1 atom stereocenters. The predicted molar refractivity (Wildman–Crippen MR) is 52.0 cm³/mol. The van der Waals surface area contributed by atoms with Gasteiger partial charge in [-0.2, -0.15) is 4.98 Å². The number of aromatic nitrogens is 2. The van der Waals surface area contributed by atoms with Gasteiger partial charge in [0.25, 0.3) is 0 Å². The zero-order valence-electron chi connectivity index (χ0n) is 7.90. The van der Waals surface area contributed by atoms with Gasteiger partial charge in [0.15, 0.2) is 15.7 Å². The van der Waals surface area contributed by atoms with Crippen LogP contribution in [0.5, 0.6) is 0 Å². The lowest BCUT2D eigenvalue weighted by molar-refractivity contribution is 0.376. The molecule has 0 aliphatic heterocycles. The molecule has 0 N–H and O–H groups in total. The highest BCUT2D eigenvalue weighted by Crippen LogP contribution is 2.17. The maximum absolute atomic E-state index is 11.2. The topological polar surface area (TPSA) is 73.1 Å². The van der Waals surface area contributed by atoms with Crippen LogP contribution in [0.1, 0.15) is 23.9 Å². The molecule has 0 fully saturated rings. The van der Waals surface area contributed by atoms with Crippen molar-refractivity contribution >= 4 is 21.4 Å². The van der Waals surface area contributed by atoms with Crippen molar-refractivity contribution in [3.8, 4) is 0 Å². The first-order valence-corrected chi connectivity index (χ1v) is 6.51. The van der Waals surface area contributed by atoms with E-state index < -0.39 is 15.1 Å². The molecule has 0 amide bonds. The van der Waals surface area contributed by atoms with Crippen LogP contribution in [-0.4, -0.2) is 30.7 Å². The minimum absolute atomic E-state index is 0.188. The fourth-order valence-corrected chi connectivity index (χ4v) is 1.45. The van der Waals surface area contributed by atoms with Crippen LogP contribution < -0.4 is 0 Å². The molecule has 14 heavy (non-hydrogen) atoms. The van der Waals surface area contributed by atoms with Gasteiger partial charge < -0.3 is 4.52 Å². The van der Waals surface area contributed by atoms with Crippen molar-refractivity contribution < 1.29 is 12.9 Å². The maximum atomic E-state index is 11.2. The first-order valence-electron chi connectivity index (χ1n) is 4.02. The van der Waals surface area contributed by atoms with Gasteiger partial charge in [-0.15, -0.1) is 11.6 Å². The van der Waals surface area contributed by atoms with Gasteiger partial charge in [0.1, 0.15) is 5.25 Å². The number of hydrogen-bond donors (Lipinski definition) is 0. The molecule has 0 saturated carbocycles. The second-order valence-corrected chi connectivity index (χ2v) is 5.70. The molecule has 5 nitrogen and oxygen atoms in total. The lowest BCUT2D eigenvalue weighted by Crippen LogP contribution is -2.09. The van der Waals surface area contributed by atoms with E-state index in [1.54, 1.807) is 0 Å². The summed E-state index contributed by atoms with van der Waals surface area (Å²) in [4.78, 5) is 3.92. The van der Waals surface area contributed by atoms with Crippen LogP contribution in [0.15, 0.2) is 4.52 Å². The molecule has 1 rings (SSSR count). The zero-order chi connectivity index (χ0) is 10.8. The number of halogens is 1. The third kappa shape index (κ3) is 2.68. The van der Waals surface area contributed by atoms with E-state index in [1.807, 2.05) is 0 Å². The molecule has 1 heterocycles. The van der Waals surface area contributed by atoms with Gasteiger partial charge in [0.2, 0.25) is 5.89 Å². The molecule has 0 spiro atoms. The van der Waals surface area contributed by atoms with E-state index in [0.29, 0.717) is 18.2 Å². The summed E-state index contributed by atoms with van der Waals surface area (Å²) in [5, 5.41) is 2.84. The Morgan fingerprint density at radius 1 is 1.57 bits per heavy atom. The molecule has 0 saturated heterocycles. The highest BCUT2D eigenvalue weighted by Gasteiger charge is 2.22. The number of nitrogens with zero attached hydrogens (tertiary/aromatic N) is 2. The Kier molecular flexibility index (Phi) is 3.49. The Morgan fingerprint density at radius 3 is 2.71 bits per heavy atom. The van der Waals surface area contributed by atoms with E-state index in [4.69, 9.17) is 16.1 Å². The number of hydrogen-bond acceptors (Lipinski definition) is 5. The molecule has 0 radical (unpaired) electrons. The molecule has 80 valence electrons. The smallest absolute Gasteiger partial charge is 0.227 e. The second-order valence-electron chi connectivity index (χ2n) is 2.96. The highest BCUT2D eigenvalue weighted by molar-refractivity contribution is 7.90. The van der Waals surface area contributed by atoms with Crippen LogP contribution in [0, 0.1) is 0 Å². The SMILES string of the molecule is CC(c1noc(CCCl)n1)S(C)(=O)=O.